The Morgan fingerprint density at radius 1 is 0.875 bits per heavy atom. The average molecular weight is 534 g/mol. The fourth-order valence-electron chi connectivity index (χ4n) is 5.43. The Balaban J connectivity index is 1.25. The Hall–Kier alpha value is -4.36. The summed E-state index contributed by atoms with van der Waals surface area (Å²) in [5, 5.41) is 2.32. The van der Waals surface area contributed by atoms with Crippen molar-refractivity contribution in [2.24, 2.45) is 0 Å². The van der Waals surface area contributed by atoms with Gasteiger partial charge >= 0.3 is 0 Å². The molecule has 1 fully saturated rings. The van der Waals surface area contributed by atoms with E-state index in [4.69, 9.17) is 4.74 Å². The first-order valence-electron chi connectivity index (χ1n) is 14.0. The largest absolute Gasteiger partial charge is 0.494 e. The maximum absolute atomic E-state index is 13.9. The van der Waals surface area contributed by atoms with Crippen molar-refractivity contribution in [1.82, 2.24) is 23.9 Å². The van der Waals surface area contributed by atoms with E-state index in [0.29, 0.717) is 13.2 Å². The van der Waals surface area contributed by atoms with Crippen LogP contribution in [-0.2, 0) is 13.1 Å². The molecule has 0 radical (unpaired) electrons. The van der Waals surface area contributed by atoms with Crippen molar-refractivity contribution in [3.8, 4) is 16.9 Å². The van der Waals surface area contributed by atoms with Crippen molar-refractivity contribution in [2.45, 2.75) is 19.5 Å². The number of nitrogens with zero attached hydrogens (tertiary/aromatic N) is 5. The first-order chi connectivity index (χ1) is 19.7. The van der Waals surface area contributed by atoms with Gasteiger partial charge in [-0.2, -0.15) is 0 Å². The molecule has 3 aromatic carbocycles. The maximum Gasteiger partial charge on any atom is 0.256 e. The molecule has 0 aliphatic carbocycles. The van der Waals surface area contributed by atoms with Crippen LogP contribution in [0.15, 0.2) is 97.7 Å². The van der Waals surface area contributed by atoms with Crippen molar-refractivity contribution in [3.05, 3.63) is 109 Å². The maximum atomic E-state index is 13.9. The Morgan fingerprint density at radius 2 is 1.65 bits per heavy atom. The summed E-state index contributed by atoms with van der Waals surface area (Å²) in [6.45, 7) is 5.35. The van der Waals surface area contributed by atoms with Crippen LogP contribution in [0, 0.1) is 0 Å². The number of likely N-dealkylation sites (N-methyl/N-ethyl adjacent to an activating group) is 1. The molecule has 0 atom stereocenters. The summed E-state index contributed by atoms with van der Waals surface area (Å²) in [5.41, 5.74) is 3.91. The number of carbonyl (C=O) groups excluding carboxylic acids is 1. The summed E-state index contributed by atoms with van der Waals surface area (Å²) in [6.07, 6.45) is 8.81. The van der Waals surface area contributed by atoms with Crippen LogP contribution in [0.2, 0.25) is 0 Å². The van der Waals surface area contributed by atoms with E-state index in [1.165, 1.54) is 5.39 Å². The third kappa shape index (κ3) is 5.65. The van der Waals surface area contributed by atoms with Crippen molar-refractivity contribution < 1.29 is 9.53 Å². The smallest absolute Gasteiger partial charge is 0.256 e. The highest BCUT2D eigenvalue weighted by molar-refractivity contribution is 6.06. The average Bonchev–Trinajstić information content (AvgIpc) is 3.62. The lowest BCUT2D eigenvalue weighted by Crippen LogP contribution is -2.47. The first-order valence-corrected chi connectivity index (χ1v) is 14.0. The van der Waals surface area contributed by atoms with E-state index in [0.717, 1.165) is 72.7 Å². The number of rotatable bonds is 9. The lowest BCUT2D eigenvalue weighted by molar-refractivity contribution is 0.0665. The topological polar surface area (TPSA) is 55.5 Å². The van der Waals surface area contributed by atoms with Gasteiger partial charge in [-0.1, -0.05) is 60.7 Å². The Morgan fingerprint density at radius 3 is 2.50 bits per heavy atom. The normalized spacial score (nSPS) is 14.1. The van der Waals surface area contributed by atoms with E-state index in [1.54, 1.807) is 0 Å². The molecule has 6 rings (SSSR count). The zero-order chi connectivity index (χ0) is 27.3. The molecule has 0 saturated carbocycles. The lowest BCUT2D eigenvalue weighted by atomic mass is 9.97. The molecule has 0 unspecified atom stereocenters. The molecule has 0 bridgehead atoms. The fourth-order valence-corrected chi connectivity index (χ4v) is 5.43. The molecular formula is C33H35N5O2. The van der Waals surface area contributed by atoms with Gasteiger partial charge in [0.25, 0.3) is 5.91 Å². The molecule has 1 aliphatic rings. The van der Waals surface area contributed by atoms with Gasteiger partial charge in [0.05, 0.1) is 30.7 Å². The molecule has 0 N–H and O–H groups in total. The van der Waals surface area contributed by atoms with Gasteiger partial charge < -0.3 is 23.7 Å². The number of hydrogen-bond acceptors (Lipinski definition) is 4. The van der Waals surface area contributed by atoms with E-state index in [2.05, 4.69) is 74.7 Å². The van der Waals surface area contributed by atoms with Gasteiger partial charge in [-0.15, -0.1) is 0 Å². The number of hydrogen-bond donors (Lipinski definition) is 0. The minimum atomic E-state index is 0.0985. The fraction of sp³-hybridized carbons (Fsp3) is 0.273. The molecule has 7 nitrogen and oxygen atoms in total. The standard InChI is InChI=1S/C33H35N5O2/c1-35-16-18-37(19-17-35)33(39)32-24-36(23-31(32)30-14-7-10-26-9-5-6-13-29(26)30)22-27-21-34-25-38(27)15-8-20-40-28-11-3-2-4-12-28/h2-7,9-14,21,23-25H,8,15-20,22H2,1H3. The number of aromatic nitrogens is 3. The zero-order valence-corrected chi connectivity index (χ0v) is 22.9. The van der Waals surface area contributed by atoms with Crippen LogP contribution >= 0.6 is 0 Å². The van der Waals surface area contributed by atoms with E-state index in [1.807, 2.05) is 54.0 Å². The number of para-hydroxylation sites is 1. The first kappa shape index (κ1) is 25.9. The number of ether oxygens (including phenoxy) is 1. The summed E-state index contributed by atoms with van der Waals surface area (Å²) in [7, 11) is 2.11. The van der Waals surface area contributed by atoms with Gasteiger partial charge in [-0.25, -0.2) is 4.98 Å². The minimum Gasteiger partial charge on any atom is -0.494 e. The number of carbonyl (C=O) groups is 1. The molecule has 1 aliphatic heterocycles. The second-order valence-corrected chi connectivity index (χ2v) is 10.5. The van der Waals surface area contributed by atoms with Crippen molar-refractivity contribution in [1.29, 1.82) is 0 Å². The van der Waals surface area contributed by atoms with Crippen LogP contribution in [0.5, 0.6) is 5.75 Å². The van der Waals surface area contributed by atoms with Crippen LogP contribution in [0.3, 0.4) is 0 Å². The van der Waals surface area contributed by atoms with Crippen LogP contribution < -0.4 is 4.74 Å². The van der Waals surface area contributed by atoms with Gasteiger partial charge in [-0.3, -0.25) is 4.79 Å². The molecule has 204 valence electrons. The highest BCUT2D eigenvalue weighted by atomic mass is 16.5. The Labute approximate surface area is 235 Å². The summed E-state index contributed by atoms with van der Waals surface area (Å²) in [6, 6.07) is 24.6. The van der Waals surface area contributed by atoms with E-state index in [9.17, 15) is 4.79 Å². The number of aryl methyl sites for hydroxylation is 1. The van der Waals surface area contributed by atoms with Crippen molar-refractivity contribution >= 4 is 16.7 Å². The second-order valence-electron chi connectivity index (χ2n) is 10.5. The molecule has 5 aromatic rings. The van der Waals surface area contributed by atoms with Crippen molar-refractivity contribution in [2.75, 3.05) is 39.8 Å². The number of amides is 1. The van der Waals surface area contributed by atoms with Crippen LogP contribution in [-0.4, -0.2) is 69.7 Å². The van der Waals surface area contributed by atoms with Crippen LogP contribution in [0.1, 0.15) is 22.5 Å². The van der Waals surface area contributed by atoms with Gasteiger partial charge in [0.1, 0.15) is 5.75 Å². The summed E-state index contributed by atoms with van der Waals surface area (Å²) in [5.74, 6) is 0.987. The van der Waals surface area contributed by atoms with Crippen LogP contribution in [0.25, 0.3) is 21.9 Å². The van der Waals surface area contributed by atoms with Crippen LogP contribution in [0.4, 0.5) is 0 Å². The third-order valence-electron chi connectivity index (χ3n) is 7.68. The highest BCUT2D eigenvalue weighted by Gasteiger charge is 2.25. The quantitative estimate of drug-likeness (QED) is 0.238. The van der Waals surface area contributed by atoms with E-state index >= 15 is 0 Å². The molecule has 1 saturated heterocycles. The molecule has 40 heavy (non-hydrogen) atoms. The second kappa shape index (κ2) is 11.8. The zero-order valence-electron chi connectivity index (χ0n) is 22.9. The number of imidazole rings is 1. The molecule has 2 aromatic heterocycles. The predicted molar refractivity (Wildman–Crippen MR) is 159 cm³/mol. The molecule has 1 amide bonds. The Kier molecular flexibility index (Phi) is 7.64. The van der Waals surface area contributed by atoms with Gasteiger partial charge in [0, 0.05) is 56.9 Å². The SMILES string of the molecule is CN1CCN(C(=O)c2cn(Cc3cncn3CCCOc3ccccc3)cc2-c2cccc3ccccc23)CC1. The summed E-state index contributed by atoms with van der Waals surface area (Å²) < 4.78 is 10.2. The summed E-state index contributed by atoms with van der Waals surface area (Å²) in [4.78, 5) is 22.6. The number of benzene rings is 3. The predicted octanol–water partition coefficient (Wildman–Crippen LogP) is 5.41. The Bertz CT molecular complexity index is 1580. The summed E-state index contributed by atoms with van der Waals surface area (Å²) >= 11 is 0. The van der Waals surface area contributed by atoms with Gasteiger partial charge in [0.15, 0.2) is 0 Å². The number of fused-ring (bicyclic) bond motifs is 1. The number of piperazine rings is 1. The third-order valence-corrected chi connectivity index (χ3v) is 7.68. The van der Waals surface area contributed by atoms with Gasteiger partial charge in [0.2, 0.25) is 0 Å². The van der Waals surface area contributed by atoms with E-state index in [-0.39, 0.29) is 5.91 Å². The monoisotopic (exact) mass is 533 g/mol. The molecule has 3 heterocycles. The minimum absolute atomic E-state index is 0.0985. The van der Waals surface area contributed by atoms with Crippen molar-refractivity contribution in [3.63, 3.8) is 0 Å². The lowest BCUT2D eigenvalue weighted by Gasteiger charge is -2.32. The van der Waals surface area contributed by atoms with Gasteiger partial charge in [-0.05, 0) is 41.9 Å². The highest BCUT2D eigenvalue weighted by Crippen LogP contribution is 2.33. The molecule has 0 spiro atoms. The molecule has 7 heteroatoms. The molecular weight excluding hydrogens is 498 g/mol. The van der Waals surface area contributed by atoms with E-state index < -0.39 is 0 Å².